The third-order valence-corrected chi connectivity index (χ3v) is 5.86. The summed E-state index contributed by atoms with van der Waals surface area (Å²) in [6.45, 7) is 1.82. The number of hydrogen-bond acceptors (Lipinski definition) is 5. The maximum absolute atomic E-state index is 12.9. The van der Waals surface area contributed by atoms with Crippen molar-refractivity contribution in [3.05, 3.63) is 70.3 Å². The molecule has 0 fully saturated rings. The summed E-state index contributed by atoms with van der Waals surface area (Å²) in [6, 6.07) is 14.6. The molecule has 0 radical (unpaired) electrons. The lowest BCUT2D eigenvalue weighted by Gasteiger charge is -2.20. The molecule has 8 heteroatoms. The Morgan fingerprint density at radius 3 is 2.69 bits per heavy atom. The normalized spacial score (nSPS) is 11.6. The Morgan fingerprint density at radius 2 is 1.96 bits per heavy atom. The molecular weight excluding hydrogens is 352 g/mol. The number of benzene rings is 2. The van der Waals surface area contributed by atoms with Crippen molar-refractivity contribution in [2.75, 3.05) is 6.54 Å². The number of aromatic nitrogens is 2. The van der Waals surface area contributed by atoms with Crippen LogP contribution >= 0.6 is 0 Å². The highest BCUT2D eigenvalue weighted by Gasteiger charge is 2.24. The first-order valence-corrected chi connectivity index (χ1v) is 9.38. The fourth-order valence-corrected chi connectivity index (χ4v) is 4.08. The van der Waals surface area contributed by atoms with Crippen LogP contribution in [0.5, 0.6) is 0 Å². The van der Waals surface area contributed by atoms with Crippen LogP contribution in [0, 0.1) is 11.3 Å². The Kier molecular flexibility index (Phi) is 4.84. The zero-order valence-corrected chi connectivity index (χ0v) is 14.8. The molecule has 0 unspecified atom stereocenters. The van der Waals surface area contributed by atoms with Crippen LogP contribution in [-0.4, -0.2) is 29.2 Å². The van der Waals surface area contributed by atoms with Crippen LogP contribution in [-0.2, 0) is 16.6 Å². The molecule has 3 aromatic rings. The van der Waals surface area contributed by atoms with Gasteiger partial charge < -0.3 is 4.98 Å². The van der Waals surface area contributed by atoms with Crippen LogP contribution in [0.1, 0.15) is 18.3 Å². The summed E-state index contributed by atoms with van der Waals surface area (Å²) < 4.78 is 27.0. The topological polar surface area (TPSA) is 107 Å². The van der Waals surface area contributed by atoms with Gasteiger partial charge in [0.2, 0.25) is 10.0 Å². The molecule has 132 valence electrons. The second-order valence-corrected chi connectivity index (χ2v) is 7.54. The van der Waals surface area contributed by atoms with Gasteiger partial charge in [-0.05, 0) is 30.3 Å². The standard InChI is InChI=1S/C18H16N4O3S/c1-2-22(26(24,25)14-7-5-6-13(10-14)11-19)12-17-20-16-9-4-3-8-15(16)18(23)21-17/h3-10H,2,12H2,1H3,(H,20,21,23). The summed E-state index contributed by atoms with van der Waals surface area (Å²) in [5.41, 5.74) is 0.455. The van der Waals surface area contributed by atoms with E-state index >= 15 is 0 Å². The third kappa shape index (κ3) is 3.35. The first-order valence-electron chi connectivity index (χ1n) is 7.94. The molecular formula is C18H16N4O3S. The Bertz CT molecular complexity index is 1160. The maximum atomic E-state index is 12.9. The molecule has 0 bridgehead atoms. The van der Waals surface area contributed by atoms with Crippen molar-refractivity contribution >= 4 is 20.9 Å². The molecule has 3 rings (SSSR count). The number of rotatable bonds is 5. The van der Waals surface area contributed by atoms with Gasteiger partial charge in [-0.2, -0.15) is 9.57 Å². The molecule has 1 heterocycles. The first-order chi connectivity index (χ1) is 12.5. The lowest BCUT2D eigenvalue weighted by atomic mass is 10.2. The van der Waals surface area contributed by atoms with Crippen LogP contribution in [0.3, 0.4) is 0 Å². The van der Waals surface area contributed by atoms with E-state index in [4.69, 9.17) is 5.26 Å². The maximum Gasteiger partial charge on any atom is 0.258 e. The minimum absolute atomic E-state index is 0.0292. The van der Waals surface area contributed by atoms with Crippen molar-refractivity contribution in [3.8, 4) is 6.07 Å². The van der Waals surface area contributed by atoms with E-state index in [9.17, 15) is 13.2 Å². The Hall–Kier alpha value is -3.02. The van der Waals surface area contributed by atoms with Gasteiger partial charge in [-0.25, -0.2) is 13.4 Å². The summed E-state index contributed by atoms with van der Waals surface area (Å²) in [7, 11) is -3.83. The molecule has 1 aromatic heterocycles. The summed E-state index contributed by atoms with van der Waals surface area (Å²) in [5.74, 6) is 0.260. The van der Waals surface area contributed by atoms with E-state index < -0.39 is 10.0 Å². The number of nitrogens with one attached hydrogen (secondary N) is 1. The predicted molar refractivity (Wildman–Crippen MR) is 96.8 cm³/mol. The average molecular weight is 368 g/mol. The van der Waals surface area contributed by atoms with E-state index in [1.165, 1.54) is 28.6 Å². The largest absolute Gasteiger partial charge is 0.309 e. The highest BCUT2D eigenvalue weighted by molar-refractivity contribution is 7.89. The van der Waals surface area contributed by atoms with Crippen molar-refractivity contribution < 1.29 is 8.42 Å². The minimum atomic E-state index is -3.83. The number of aromatic amines is 1. The van der Waals surface area contributed by atoms with Gasteiger partial charge in [0.1, 0.15) is 5.82 Å². The first kappa shape index (κ1) is 17.8. The highest BCUT2D eigenvalue weighted by Crippen LogP contribution is 2.18. The summed E-state index contributed by atoms with van der Waals surface area (Å²) in [4.78, 5) is 19.2. The van der Waals surface area contributed by atoms with Gasteiger partial charge in [0, 0.05) is 6.54 Å². The van der Waals surface area contributed by atoms with Crippen LogP contribution in [0.25, 0.3) is 10.9 Å². The van der Waals surface area contributed by atoms with Crippen molar-refractivity contribution in [1.82, 2.24) is 14.3 Å². The Balaban J connectivity index is 1.99. The molecule has 0 saturated carbocycles. The second-order valence-electron chi connectivity index (χ2n) is 5.60. The highest BCUT2D eigenvalue weighted by atomic mass is 32.2. The van der Waals surface area contributed by atoms with Crippen LogP contribution in [0.4, 0.5) is 0 Å². The SMILES string of the molecule is CCN(Cc1nc2ccccc2c(=O)[nH]1)S(=O)(=O)c1cccc(C#N)c1. The van der Waals surface area contributed by atoms with E-state index in [2.05, 4.69) is 9.97 Å². The Morgan fingerprint density at radius 1 is 1.19 bits per heavy atom. The smallest absolute Gasteiger partial charge is 0.258 e. The zero-order chi connectivity index (χ0) is 18.7. The number of fused-ring (bicyclic) bond motifs is 1. The summed E-state index contributed by atoms with van der Waals surface area (Å²) in [5, 5.41) is 9.43. The molecule has 1 N–H and O–H groups in total. The van der Waals surface area contributed by atoms with Gasteiger partial charge in [-0.3, -0.25) is 4.79 Å². The van der Waals surface area contributed by atoms with Gasteiger partial charge >= 0.3 is 0 Å². The van der Waals surface area contributed by atoms with Gasteiger partial charge in [-0.15, -0.1) is 0 Å². The molecule has 0 atom stereocenters. The van der Waals surface area contributed by atoms with Gasteiger partial charge in [0.15, 0.2) is 0 Å². The Labute approximate surface area is 150 Å². The number of H-pyrrole nitrogens is 1. The molecule has 0 aliphatic rings. The molecule has 0 aliphatic carbocycles. The summed E-state index contributed by atoms with van der Waals surface area (Å²) in [6.07, 6.45) is 0. The van der Waals surface area contributed by atoms with E-state index in [0.717, 1.165) is 0 Å². The lowest BCUT2D eigenvalue weighted by Crippen LogP contribution is -2.32. The van der Waals surface area contributed by atoms with E-state index in [-0.39, 0.29) is 34.9 Å². The molecule has 0 spiro atoms. The van der Waals surface area contributed by atoms with E-state index in [0.29, 0.717) is 10.9 Å². The number of sulfonamides is 1. The number of nitrogens with zero attached hydrogens (tertiary/aromatic N) is 3. The number of nitriles is 1. The predicted octanol–water partition coefficient (Wildman–Crippen LogP) is 2.01. The van der Waals surface area contributed by atoms with Crippen LogP contribution < -0.4 is 5.56 Å². The second kappa shape index (κ2) is 7.07. The zero-order valence-electron chi connectivity index (χ0n) is 14.0. The number of para-hydroxylation sites is 1. The molecule has 26 heavy (non-hydrogen) atoms. The number of hydrogen-bond donors (Lipinski definition) is 1. The van der Waals surface area contributed by atoms with Crippen molar-refractivity contribution in [2.24, 2.45) is 0 Å². The monoisotopic (exact) mass is 368 g/mol. The minimum Gasteiger partial charge on any atom is -0.309 e. The fourth-order valence-electron chi connectivity index (χ4n) is 2.62. The van der Waals surface area contributed by atoms with E-state index in [1.54, 1.807) is 31.2 Å². The third-order valence-electron chi connectivity index (χ3n) is 3.94. The van der Waals surface area contributed by atoms with Gasteiger partial charge in [0.25, 0.3) is 5.56 Å². The summed E-state index contributed by atoms with van der Waals surface area (Å²) >= 11 is 0. The van der Waals surface area contributed by atoms with Crippen molar-refractivity contribution in [3.63, 3.8) is 0 Å². The molecule has 2 aromatic carbocycles. The van der Waals surface area contributed by atoms with Crippen LogP contribution in [0.2, 0.25) is 0 Å². The average Bonchev–Trinajstić information content (AvgIpc) is 2.66. The molecule has 7 nitrogen and oxygen atoms in total. The van der Waals surface area contributed by atoms with Gasteiger partial charge in [0.05, 0.1) is 34.0 Å². The fraction of sp³-hybridized carbons (Fsp3) is 0.167. The van der Waals surface area contributed by atoms with Crippen molar-refractivity contribution in [2.45, 2.75) is 18.4 Å². The quantitative estimate of drug-likeness (QED) is 0.741. The van der Waals surface area contributed by atoms with Gasteiger partial charge in [-0.1, -0.05) is 25.1 Å². The molecule has 0 amide bonds. The van der Waals surface area contributed by atoms with Crippen molar-refractivity contribution in [1.29, 1.82) is 5.26 Å². The molecule has 0 saturated heterocycles. The van der Waals surface area contributed by atoms with E-state index in [1.807, 2.05) is 6.07 Å². The van der Waals surface area contributed by atoms with Crippen LogP contribution in [0.15, 0.2) is 58.2 Å². The molecule has 0 aliphatic heterocycles. The lowest BCUT2D eigenvalue weighted by molar-refractivity contribution is 0.414.